The first-order valence-electron chi connectivity index (χ1n) is 17.4. The van der Waals surface area contributed by atoms with Gasteiger partial charge >= 0.3 is 302 Å². The molecule has 11 aromatic rings. The molecule has 0 aliphatic heterocycles. The molecular formula is C48H30N2Se. The standard InChI is InChI=1S/C48H30N2Se/c1-2-13-31(14-3-1)34-15-4-5-16-35(34)32-25-27-40-47(29-32)51-46-24-12-23-44(48(40)46)50-43-22-11-8-19-38(43)39-28-26-33(30-45(39)50)49-41-20-9-6-17-36(41)37-18-7-10-21-42(37)49/h1-30H. The van der Waals surface area contributed by atoms with Crippen LogP contribution in [-0.4, -0.2) is 23.6 Å². The minimum atomic E-state index is 0.200. The molecule has 0 bridgehead atoms. The van der Waals surface area contributed by atoms with Crippen molar-refractivity contribution in [3.63, 3.8) is 0 Å². The zero-order valence-corrected chi connectivity index (χ0v) is 29.3. The fourth-order valence-corrected chi connectivity index (χ4v) is 10.8. The van der Waals surface area contributed by atoms with Gasteiger partial charge in [-0.15, -0.1) is 0 Å². The van der Waals surface area contributed by atoms with Gasteiger partial charge in [-0.25, -0.2) is 0 Å². The summed E-state index contributed by atoms with van der Waals surface area (Å²) in [6.07, 6.45) is 0. The first kappa shape index (κ1) is 28.7. The van der Waals surface area contributed by atoms with Crippen LogP contribution in [0, 0.1) is 0 Å². The molecule has 0 aliphatic carbocycles. The maximum atomic E-state index is 2.52. The molecule has 0 saturated heterocycles. The number of fused-ring (bicyclic) bond motifs is 9. The molecule has 0 fully saturated rings. The van der Waals surface area contributed by atoms with Crippen LogP contribution < -0.4 is 0 Å². The van der Waals surface area contributed by atoms with Crippen LogP contribution in [-0.2, 0) is 0 Å². The normalized spacial score (nSPS) is 11.9. The van der Waals surface area contributed by atoms with Crippen LogP contribution in [0.4, 0.5) is 0 Å². The molecule has 0 atom stereocenters. The van der Waals surface area contributed by atoms with Crippen LogP contribution in [0.3, 0.4) is 0 Å². The number of benzene rings is 8. The van der Waals surface area contributed by atoms with E-state index in [1.54, 1.807) is 0 Å². The van der Waals surface area contributed by atoms with Gasteiger partial charge in [0.25, 0.3) is 0 Å². The van der Waals surface area contributed by atoms with Gasteiger partial charge in [0, 0.05) is 0 Å². The van der Waals surface area contributed by atoms with E-state index in [1.807, 2.05) is 0 Å². The van der Waals surface area contributed by atoms with E-state index in [-0.39, 0.29) is 14.5 Å². The Morgan fingerprint density at radius 2 is 0.902 bits per heavy atom. The van der Waals surface area contributed by atoms with Crippen LogP contribution in [0.5, 0.6) is 0 Å². The van der Waals surface area contributed by atoms with Crippen molar-refractivity contribution in [3.8, 4) is 33.6 Å². The first-order valence-corrected chi connectivity index (χ1v) is 19.2. The Morgan fingerprint density at radius 1 is 0.333 bits per heavy atom. The van der Waals surface area contributed by atoms with Crippen LogP contribution in [0.25, 0.3) is 96.5 Å². The summed E-state index contributed by atoms with van der Waals surface area (Å²) in [6, 6.07) is 67.0. The van der Waals surface area contributed by atoms with Crippen molar-refractivity contribution >= 4 is 77.4 Å². The summed E-state index contributed by atoms with van der Waals surface area (Å²) in [6.45, 7) is 0. The average Bonchev–Trinajstić information content (AvgIpc) is 3.85. The summed E-state index contributed by atoms with van der Waals surface area (Å²) >= 11 is 0.200. The van der Waals surface area contributed by atoms with Crippen LogP contribution in [0.2, 0.25) is 0 Å². The third-order valence-electron chi connectivity index (χ3n) is 10.5. The zero-order chi connectivity index (χ0) is 33.5. The van der Waals surface area contributed by atoms with E-state index in [4.69, 9.17) is 0 Å². The Labute approximate surface area is 300 Å². The molecule has 3 heteroatoms. The molecule has 0 amide bonds. The molecule has 3 aromatic heterocycles. The topological polar surface area (TPSA) is 9.86 Å². The van der Waals surface area contributed by atoms with Gasteiger partial charge in [-0.2, -0.15) is 0 Å². The summed E-state index contributed by atoms with van der Waals surface area (Å²) in [7, 11) is 0. The monoisotopic (exact) mass is 714 g/mol. The predicted molar refractivity (Wildman–Crippen MR) is 218 cm³/mol. The van der Waals surface area contributed by atoms with Crippen molar-refractivity contribution in [1.82, 2.24) is 9.13 Å². The van der Waals surface area contributed by atoms with E-state index >= 15 is 0 Å². The van der Waals surface area contributed by atoms with Gasteiger partial charge in [0.15, 0.2) is 0 Å². The van der Waals surface area contributed by atoms with Gasteiger partial charge in [-0.1, -0.05) is 0 Å². The summed E-state index contributed by atoms with van der Waals surface area (Å²) in [5.41, 5.74) is 12.4. The summed E-state index contributed by atoms with van der Waals surface area (Å²) in [5.74, 6) is 0. The Kier molecular flexibility index (Phi) is 6.30. The second kappa shape index (κ2) is 11.2. The third-order valence-corrected chi connectivity index (χ3v) is 12.9. The Bertz CT molecular complexity index is 3090. The van der Waals surface area contributed by atoms with Gasteiger partial charge in [-0.05, 0) is 0 Å². The number of para-hydroxylation sites is 3. The number of nitrogens with zero attached hydrogens (tertiary/aromatic N) is 2. The van der Waals surface area contributed by atoms with Crippen LogP contribution in [0.1, 0.15) is 0 Å². The van der Waals surface area contributed by atoms with Crippen molar-refractivity contribution in [2.75, 3.05) is 0 Å². The van der Waals surface area contributed by atoms with Crippen LogP contribution in [0.15, 0.2) is 182 Å². The fraction of sp³-hybridized carbons (Fsp3) is 0. The molecule has 11 rings (SSSR count). The summed E-state index contributed by atoms with van der Waals surface area (Å²) in [4.78, 5) is 0. The summed E-state index contributed by atoms with van der Waals surface area (Å²) in [5, 5.41) is 7.81. The molecule has 2 nitrogen and oxygen atoms in total. The molecule has 0 unspecified atom stereocenters. The van der Waals surface area contributed by atoms with Gasteiger partial charge in [-0.3, -0.25) is 0 Å². The van der Waals surface area contributed by atoms with E-state index in [2.05, 4.69) is 191 Å². The van der Waals surface area contributed by atoms with E-state index in [1.165, 1.54) is 96.5 Å². The van der Waals surface area contributed by atoms with Crippen molar-refractivity contribution in [2.45, 2.75) is 0 Å². The quantitative estimate of drug-likeness (QED) is 0.161. The second-order valence-corrected chi connectivity index (χ2v) is 15.6. The van der Waals surface area contributed by atoms with Gasteiger partial charge < -0.3 is 0 Å². The van der Waals surface area contributed by atoms with Crippen LogP contribution >= 0.6 is 0 Å². The van der Waals surface area contributed by atoms with Crippen molar-refractivity contribution in [2.24, 2.45) is 0 Å². The second-order valence-electron chi connectivity index (χ2n) is 13.3. The fourth-order valence-electron chi connectivity index (χ4n) is 8.32. The van der Waals surface area contributed by atoms with E-state index in [9.17, 15) is 0 Å². The summed E-state index contributed by atoms with van der Waals surface area (Å²) < 4.78 is 7.82. The van der Waals surface area contributed by atoms with E-state index in [0.717, 1.165) is 0 Å². The molecule has 3 heterocycles. The molecule has 238 valence electrons. The zero-order valence-electron chi connectivity index (χ0n) is 27.6. The molecule has 0 saturated carbocycles. The Hall–Kier alpha value is -6.12. The Balaban J connectivity index is 1.15. The maximum absolute atomic E-state index is 2.52. The number of aromatic nitrogens is 2. The first-order chi connectivity index (χ1) is 25.3. The average molecular weight is 714 g/mol. The van der Waals surface area contributed by atoms with Gasteiger partial charge in [0.2, 0.25) is 0 Å². The van der Waals surface area contributed by atoms with Crippen molar-refractivity contribution < 1.29 is 0 Å². The minimum absolute atomic E-state index is 0.200. The molecule has 0 spiro atoms. The molecule has 0 N–H and O–H groups in total. The molecular weight excluding hydrogens is 684 g/mol. The van der Waals surface area contributed by atoms with Gasteiger partial charge in [0.05, 0.1) is 0 Å². The molecule has 51 heavy (non-hydrogen) atoms. The third kappa shape index (κ3) is 4.29. The van der Waals surface area contributed by atoms with E-state index < -0.39 is 0 Å². The van der Waals surface area contributed by atoms with Gasteiger partial charge in [0.1, 0.15) is 0 Å². The van der Waals surface area contributed by atoms with Crippen molar-refractivity contribution in [3.05, 3.63) is 182 Å². The van der Waals surface area contributed by atoms with E-state index in [0.29, 0.717) is 0 Å². The number of rotatable bonds is 4. The molecule has 0 aliphatic rings. The SMILES string of the molecule is c1ccc(-c2ccccc2-c2ccc3c(c2)[se]c2cccc(-n4c5ccccc5c5ccc(-n6c7ccccc7c7ccccc76)cc54)c23)cc1. The van der Waals surface area contributed by atoms with Crippen molar-refractivity contribution in [1.29, 1.82) is 0 Å². The predicted octanol–water partition coefficient (Wildman–Crippen LogP) is 12.6. The molecule has 8 aromatic carbocycles. The molecule has 0 radical (unpaired) electrons. The Morgan fingerprint density at radius 3 is 1.61 bits per heavy atom. The number of hydrogen-bond donors (Lipinski definition) is 0. The number of hydrogen-bond acceptors (Lipinski definition) is 0.